The Morgan fingerprint density at radius 2 is 1.90 bits per heavy atom. The molecule has 108 valence electrons. The molecule has 1 heterocycles. The molecule has 0 bridgehead atoms. The fourth-order valence-electron chi connectivity index (χ4n) is 2.84. The first kappa shape index (κ1) is 13.8. The molecule has 1 unspecified atom stereocenters. The van der Waals surface area contributed by atoms with E-state index < -0.39 is 0 Å². The van der Waals surface area contributed by atoms with Crippen molar-refractivity contribution in [3.63, 3.8) is 0 Å². The van der Waals surface area contributed by atoms with Gasteiger partial charge in [0.15, 0.2) is 0 Å². The van der Waals surface area contributed by atoms with Crippen LogP contribution in [0, 0.1) is 13.8 Å². The number of anilines is 1. The Morgan fingerprint density at radius 3 is 2.67 bits per heavy atom. The smallest absolute Gasteiger partial charge is 0.233 e. The Labute approximate surface area is 125 Å². The lowest BCUT2D eigenvalue weighted by molar-refractivity contribution is -0.117. The molecule has 1 amide bonds. The molecule has 0 aromatic heterocycles. The summed E-state index contributed by atoms with van der Waals surface area (Å²) >= 11 is 0. The maximum Gasteiger partial charge on any atom is 0.233 e. The van der Waals surface area contributed by atoms with Gasteiger partial charge in [0.05, 0.1) is 5.92 Å². The van der Waals surface area contributed by atoms with E-state index in [1.807, 2.05) is 37.3 Å². The fraction of sp³-hybridized carbons (Fsp3) is 0.278. The summed E-state index contributed by atoms with van der Waals surface area (Å²) in [6.45, 7) is 5.67. The molecule has 1 aliphatic rings. The molecular weight excluding hydrogens is 260 g/mol. The summed E-state index contributed by atoms with van der Waals surface area (Å²) in [6.07, 6.45) is 0. The van der Waals surface area contributed by atoms with E-state index in [0.717, 1.165) is 17.8 Å². The van der Waals surface area contributed by atoms with Gasteiger partial charge in [-0.25, -0.2) is 0 Å². The molecule has 21 heavy (non-hydrogen) atoms. The molecule has 0 fully saturated rings. The lowest BCUT2D eigenvalue weighted by atomic mass is 9.88. The molecule has 1 aliphatic heterocycles. The summed E-state index contributed by atoms with van der Waals surface area (Å²) < 4.78 is 0. The number of carbonyl (C=O) groups is 1. The van der Waals surface area contributed by atoms with Gasteiger partial charge in [-0.05, 0) is 42.7 Å². The van der Waals surface area contributed by atoms with E-state index >= 15 is 0 Å². The Bertz CT molecular complexity index is 661. The highest BCUT2D eigenvalue weighted by molar-refractivity contribution is 5.96. The normalized spacial score (nSPS) is 17.1. The first-order valence-corrected chi connectivity index (χ1v) is 7.32. The molecule has 0 aliphatic carbocycles. The van der Waals surface area contributed by atoms with Crippen molar-refractivity contribution in [1.82, 2.24) is 5.32 Å². The number of nitrogens with one attached hydrogen (secondary N) is 2. The van der Waals surface area contributed by atoms with Crippen molar-refractivity contribution in [2.45, 2.75) is 26.3 Å². The van der Waals surface area contributed by atoms with Gasteiger partial charge in [-0.15, -0.1) is 0 Å². The number of aryl methyl sites for hydroxylation is 2. The summed E-state index contributed by atoms with van der Waals surface area (Å²) in [5.41, 5.74) is 5.69. The summed E-state index contributed by atoms with van der Waals surface area (Å²) in [5, 5.41) is 6.37. The molecule has 3 rings (SSSR count). The van der Waals surface area contributed by atoms with Gasteiger partial charge >= 0.3 is 0 Å². The minimum Gasteiger partial charge on any atom is -0.326 e. The monoisotopic (exact) mass is 280 g/mol. The van der Waals surface area contributed by atoms with Gasteiger partial charge in [-0.3, -0.25) is 4.79 Å². The quantitative estimate of drug-likeness (QED) is 0.887. The van der Waals surface area contributed by atoms with Crippen LogP contribution >= 0.6 is 0 Å². The van der Waals surface area contributed by atoms with Gasteiger partial charge in [0.1, 0.15) is 0 Å². The van der Waals surface area contributed by atoms with Crippen LogP contribution in [-0.2, 0) is 11.3 Å². The van der Waals surface area contributed by atoms with Crippen LogP contribution in [0.15, 0.2) is 42.5 Å². The molecule has 0 saturated heterocycles. The number of hydrogen-bond acceptors (Lipinski definition) is 2. The molecule has 2 N–H and O–H groups in total. The van der Waals surface area contributed by atoms with Crippen molar-refractivity contribution in [2.75, 3.05) is 11.9 Å². The molecule has 3 nitrogen and oxygen atoms in total. The third-order valence-corrected chi connectivity index (χ3v) is 4.11. The van der Waals surface area contributed by atoms with Gasteiger partial charge in [0.2, 0.25) is 5.91 Å². The lowest BCUT2D eigenvalue weighted by Crippen LogP contribution is -2.35. The van der Waals surface area contributed by atoms with Crippen LogP contribution in [0.4, 0.5) is 5.69 Å². The van der Waals surface area contributed by atoms with Crippen molar-refractivity contribution in [3.8, 4) is 0 Å². The molecule has 2 aromatic carbocycles. The molecule has 1 atom stereocenters. The number of fused-ring (bicyclic) bond motifs is 1. The maximum absolute atomic E-state index is 12.6. The van der Waals surface area contributed by atoms with Gasteiger partial charge < -0.3 is 10.6 Å². The average Bonchev–Trinajstić information content (AvgIpc) is 2.49. The van der Waals surface area contributed by atoms with Crippen LogP contribution in [0.1, 0.15) is 28.2 Å². The second-order valence-corrected chi connectivity index (χ2v) is 5.68. The number of rotatable bonds is 2. The van der Waals surface area contributed by atoms with Crippen LogP contribution in [0.25, 0.3) is 0 Å². The van der Waals surface area contributed by atoms with Crippen LogP contribution in [0.2, 0.25) is 0 Å². The zero-order valence-electron chi connectivity index (χ0n) is 12.4. The highest BCUT2D eigenvalue weighted by Crippen LogP contribution is 2.27. The van der Waals surface area contributed by atoms with E-state index in [4.69, 9.17) is 0 Å². The second-order valence-electron chi connectivity index (χ2n) is 5.68. The van der Waals surface area contributed by atoms with Gasteiger partial charge in [-0.2, -0.15) is 0 Å². The van der Waals surface area contributed by atoms with E-state index in [1.165, 1.54) is 16.7 Å². The number of amides is 1. The van der Waals surface area contributed by atoms with Crippen LogP contribution in [0.5, 0.6) is 0 Å². The predicted octanol–water partition coefficient (Wildman–Crippen LogP) is 3.13. The summed E-state index contributed by atoms with van der Waals surface area (Å²) in [6, 6.07) is 14.1. The van der Waals surface area contributed by atoms with Gasteiger partial charge in [-0.1, -0.05) is 35.9 Å². The van der Waals surface area contributed by atoms with Crippen molar-refractivity contribution < 1.29 is 4.79 Å². The third-order valence-electron chi connectivity index (χ3n) is 4.11. The van der Waals surface area contributed by atoms with E-state index in [2.05, 4.69) is 29.7 Å². The second kappa shape index (κ2) is 5.70. The predicted molar refractivity (Wildman–Crippen MR) is 85.4 cm³/mol. The third kappa shape index (κ3) is 2.83. The highest BCUT2D eigenvalue weighted by Gasteiger charge is 2.26. The Balaban J connectivity index is 1.83. The van der Waals surface area contributed by atoms with Crippen LogP contribution < -0.4 is 10.6 Å². The molecule has 0 radical (unpaired) electrons. The van der Waals surface area contributed by atoms with E-state index in [-0.39, 0.29) is 11.8 Å². The van der Waals surface area contributed by atoms with Crippen LogP contribution in [0.3, 0.4) is 0 Å². The largest absolute Gasteiger partial charge is 0.326 e. The zero-order valence-corrected chi connectivity index (χ0v) is 12.4. The van der Waals surface area contributed by atoms with Crippen molar-refractivity contribution in [3.05, 3.63) is 64.7 Å². The fourth-order valence-corrected chi connectivity index (χ4v) is 2.84. The van der Waals surface area contributed by atoms with E-state index in [0.29, 0.717) is 6.54 Å². The SMILES string of the molecule is Cc1ccc(NC(=O)C2CNCc3c(C)cccc32)cc1. The average molecular weight is 280 g/mol. The number of hydrogen-bond donors (Lipinski definition) is 2. The van der Waals surface area contributed by atoms with Gasteiger partial charge in [0.25, 0.3) is 0 Å². The number of benzene rings is 2. The minimum atomic E-state index is -0.130. The van der Waals surface area contributed by atoms with Gasteiger partial charge in [0, 0.05) is 18.8 Å². The lowest BCUT2D eigenvalue weighted by Gasteiger charge is -2.27. The van der Waals surface area contributed by atoms with Crippen molar-refractivity contribution in [2.24, 2.45) is 0 Å². The van der Waals surface area contributed by atoms with Crippen molar-refractivity contribution >= 4 is 11.6 Å². The molecule has 0 spiro atoms. The summed E-state index contributed by atoms with van der Waals surface area (Å²) in [5.74, 6) is -0.0761. The summed E-state index contributed by atoms with van der Waals surface area (Å²) in [7, 11) is 0. The maximum atomic E-state index is 12.6. The standard InChI is InChI=1S/C18H20N2O/c1-12-6-8-14(9-7-12)20-18(21)17-11-19-10-16-13(2)4-3-5-15(16)17/h3-9,17,19H,10-11H2,1-2H3,(H,20,21). The molecule has 3 heteroatoms. The van der Waals surface area contributed by atoms with Crippen LogP contribution in [-0.4, -0.2) is 12.5 Å². The first-order chi connectivity index (χ1) is 10.1. The van der Waals surface area contributed by atoms with E-state index in [9.17, 15) is 4.79 Å². The number of carbonyl (C=O) groups excluding carboxylic acids is 1. The minimum absolute atomic E-state index is 0.0536. The van der Waals surface area contributed by atoms with Crippen molar-refractivity contribution in [1.29, 1.82) is 0 Å². The Hall–Kier alpha value is -2.13. The topological polar surface area (TPSA) is 41.1 Å². The zero-order chi connectivity index (χ0) is 14.8. The Kier molecular flexibility index (Phi) is 3.76. The van der Waals surface area contributed by atoms with E-state index in [1.54, 1.807) is 0 Å². The Morgan fingerprint density at radius 1 is 1.14 bits per heavy atom. The first-order valence-electron chi connectivity index (χ1n) is 7.32. The molecule has 0 saturated carbocycles. The molecular formula is C18H20N2O. The summed E-state index contributed by atoms with van der Waals surface area (Å²) in [4.78, 5) is 12.6. The molecule has 2 aromatic rings. The highest BCUT2D eigenvalue weighted by atomic mass is 16.1.